The summed E-state index contributed by atoms with van der Waals surface area (Å²) in [5, 5.41) is 0. The van der Waals surface area contributed by atoms with E-state index in [2.05, 4.69) is 15.9 Å². The first-order valence-corrected chi connectivity index (χ1v) is 9.21. The second kappa shape index (κ2) is 6.45. The number of rotatable bonds is 4. The van der Waals surface area contributed by atoms with Gasteiger partial charge in [-0.2, -0.15) is 0 Å². The lowest BCUT2D eigenvalue weighted by molar-refractivity contribution is 0.0740. The molecule has 1 aromatic rings. The third kappa shape index (κ3) is 3.74. The number of carbonyl (C=O) groups is 1. The molecule has 0 saturated carbocycles. The molecule has 0 aliphatic heterocycles. The fourth-order valence-corrected chi connectivity index (χ4v) is 3.52. The van der Waals surface area contributed by atoms with E-state index in [0.29, 0.717) is 15.6 Å². The zero-order chi connectivity index (χ0) is 15.7. The van der Waals surface area contributed by atoms with Crippen LogP contribution >= 0.6 is 26.6 Å². The normalized spacial score (nSPS) is 13.1. The number of halogens is 2. The average Bonchev–Trinajstić information content (AvgIpc) is 2.37. The molecule has 0 bridgehead atoms. The molecule has 1 unspecified atom stereocenters. The molecule has 0 spiro atoms. The highest BCUT2D eigenvalue weighted by Crippen LogP contribution is 2.28. The van der Waals surface area contributed by atoms with Gasteiger partial charge in [0.2, 0.25) is 0 Å². The molecule has 4 nitrogen and oxygen atoms in total. The summed E-state index contributed by atoms with van der Waals surface area (Å²) < 4.78 is 23.7. The standard InChI is InChI=1S/C13H17BrClNO3S/c1-5-8(2)16(4)13(17)10-6-11(14)9(3)12(7-10)20(15,18)19/h6-8H,5H2,1-4H3. The van der Waals surface area contributed by atoms with Gasteiger partial charge in [-0.25, -0.2) is 8.42 Å². The van der Waals surface area contributed by atoms with Crippen LogP contribution < -0.4 is 0 Å². The number of benzene rings is 1. The van der Waals surface area contributed by atoms with Gasteiger partial charge in [0.25, 0.3) is 15.0 Å². The minimum Gasteiger partial charge on any atom is -0.339 e. The minimum absolute atomic E-state index is 0.0468. The Hall–Kier alpha value is -0.590. The van der Waals surface area contributed by atoms with Crippen molar-refractivity contribution in [1.82, 2.24) is 4.90 Å². The second-order valence-corrected chi connectivity index (χ2v) is 8.08. The summed E-state index contributed by atoms with van der Waals surface area (Å²) in [6.07, 6.45) is 0.815. The predicted molar refractivity (Wildman–Crippen MR) is 83.8 cm³/mol. The van der Waals surface area contributed by atoms with Gasteiger partial charge in [0.1, 0.15) is 0 Å². The molecule has 1 rings (SSSR count). The van der Waals surface area contributed by atoms with Crippen molar-refractivity contribution in [3.05, 3.63) is 27.7 Å². The van der Waals surface area contributed by atoms with Crippen molar-refractivity contribution in [2.24, 2.45) is 0 Å². The molecule has 20 heavy (non-hydrogen) atoms. The molecule has 1 aromatic carbocycles. The van der Waals surface area contributed by atoms with Crippen LogP contribution in [-0.4, -0.2) is 32.3 Å². The van der Waals surface area contributed by atoms with Gasteiger partial charge < -0.3 is 4.90 Å². The van der Waals surface area contributed by atoms with Crippen molar-refractivity contribution < 1.29 is 13.2 Å². The van der Waals surface area contributed by atoms with E-state index in [4.69, 9.17) is 10.7 Å². The quantitative estimate of drug-likeness (QED) is 0.748. The van der Waals surface area contributed by atoms with Crippen molar-refractivity contribution in [3.8, 4) is 0 Å². The van der Waals surface area contributed by atoms with Crippen LogP contribution in [0.5, 0.6) is 0 Å². The van der Waals surface area contributed by atoms with Crippen LogP contribution in [0.1, 0.15) is 36.2 Å². The van der Waals surface area contributed by atoms with Crippen molar-refractivity contribution >= 4 is 41.6 Å². The maximum atomic E-state index is 12.4. The first-order valence-electron chi connectivity index (χ1n) is 6.11. The second-order valence-electron chi connectivity index (χ2n) is 4.69. The van der Waals surface area contributed by atoms with Gasteiger partial charge in [-0.3, -0.25) is 4.79 Å². The Kier molecular flexibility index (Phi) is 5.63. The number of hydrogen-bond donors (Lipinski definition) is 0. The smallest absolute Gasteiger partial charge is 0.261 e. The lowest BCUT2D eigenvalue weighted by atomic mass is 10.1. The van der Waals surface area contributed by atoms with E-state index in [1.165, 1.54) is 6.07 Å². The largest absolute Gasteiger partial charge is 0.339 e. The minimum atomic E-state index is -3.89. The Bertz CT molecular complexity index is 631. The number of hydrogen-bond acceptors (Lipinski definition) is 3. The van der Waals surface area contributed by atoms with Crippen LogP contribution in [0.4, 0.5) is 0 Å². The van der Waals surface area contributed by atoms with Gasteiger partial charge in [-0.1, -0.05) is 22.9 Å². The van der Waals surface area contributed by atoms with Gasteiger partial charge >= 0.3 is 0 Å². The van der Waals surface area contributed by atoms with Crippen LogP contribution in [0.25, 0.3) is 0 Å². The Balaban J connectivity index is 3.35. The zero-order valence-electron chi connectivity index (χ0n) is 11.8. The predicted octanol–water partition coefficient (Wildman–Crippen LogP) is 3.56. The monoisotopic (exact) mass is 381 g/mol. The van der Waals surface area contributed by atoms with E-state index < -0.39 is 9.05 Å². The van der Waals surface area contributed by atoms with Gasteiger partial charge in [-0.05, 0) is 38.0 Å². The van der Waals surface area contributed by atoms with Crippen LogP contribution in [0, 0.1) is 6.92 Å². The van der Waals surface area contributed by atoms with Gasteiger partial charge in [-0.15, -0.1) is 0 Å². The van der Waals surface area contributed by atoms with E-state index in [-0.39, 0.29) is 16.8 Å². The molecule has 0 saturated heterocycles. The topological polar surface area (TPSA) is 54.5 Å². The van der Waals surface area contributed by atoms with E-state index in [9.17, 15) is 13.2 Å². The molecule has 1 amide bonds. The summed E-state index contributed by atoms with van der Waals surface area (Å²) >= 11 is 3.27. The van der Waals surface area contributed by atoms with Crippen molar-refractivity contribution in [3.63, 3.8) is 0 Å². The maximum absolute atomic E-state index is 12.4. The van der Waals surface area contributed by atoms with Gasteiger partial charge in [0, 0.05) is 33.8 Å². The van der Waals surface area contributed by atoms with Gasteiger partial charge in [0.15, 0.2) is 0 Å². The molecule has 1 atom stereocenters. The summed E-state index contributed by atoms with van der Waals surface area (Å²) in [5.74, 6) is -0.235. The third-order valence-electron chi connectivity index (χ3n) is 3.38. The SMILES string of the molecule is CCC(C)N(C)C(=O)c1cc(Br)c(C)c(S(=O)(=O)Cl)c1. The molecular weight excluding hydrogens is 366 g/mol. The molecular formula is C13H17BrClNO3S. The van der Waals surface area contributed by atoms with Crippen LogP contribution in [0.2, 0.25) is 0 Å². The van der Waals surface area contributed by atoms with E-state index in [1.807, 2.05) is 13.8 Å². The number of nitrogens with zero attached hydrogens (tertiary/aromatic N) is 1. The van der Waals surface area contributed by atoms with Crippen molar-refractivity contribution in [1.29, 1.82) is 0 Å². The Morgan fingerprint density at radius 2 is 2.00 bits per heavy atom. The third-order valence-corrected chi connectivity index (χ3v) is 5.65. The molecule has 0 heterocycles. The van der Waals surface area contributed by atoms with E-state index in [0.717, 1.165) is 6.42 Å². The van der Waals surface area contributed by atoms with E-state index >= 15 is 0 Å². The Morgan fingerprint density at radius 1 is 1.45 bits per heavy atom. The lowest BCUT2D eigenvalue weighted by Crippen LogP contribution is -2.34. The lowest BCUT2D eigenvalue weighted by Gasteiger charge is -2.24. The van der Waals surface area contributed by atoms with Crippen molar-refractivity contribution in [2.45, 2.75) is 38.1 Å². The summed E-state index contributed by atoms with van der Waals surface area (Å²) in [6, 6.07) is 3.00. The average molecular weight is 383 g/mol. The molecule has 7 heteroatoms. The first-order chi connectivity index (χ1) is 9.09. The van der Waals surface area contributed by atoms with Crippen LogP contribution in [-0.2, 0) is 9.05 Å². The van der Waals surface area contributed by atoms with E-state index in [1.54, 1.807) is 24.9 Å². The highest BCUT2D eigenvalue weighted by atomic mass is 79.9. The summed E-state index contributed by atoms with van der Waals surface area (Å²) in [6.45, 7) is 5.54. The highest BCUT2D eigenvalue weighted by molar-refractivity contribution is 9.10. The molecule has 0 N–H and O–H groups in total. The fourth-order valence-electron chi connectivity index (χ4n) is 1.71. The molecule has 0 fully saturated rings. The summed E-state index contributed by atoms with van der Waals surface area (Å²) in [7, 11) is 3.21. The van der Waals surface area contributed by atoms with Gasteiger partial charge in [0.05, 0.1) is 4.90 Å². The molecule has 0 aliphatic rings. The Morgan fingerprint density at radius 3 is 2.45 bits per heavy atom. The number of carbonyl (C=O) groups excluding carboxylic acids is 1. The highest BCUT2D eigenvalue weighted by Gasteiger charge is 2.22. The zero-order valence-corrected chi connectivity index (χ0v) is 14.9. The van der Waals surface area contributed by atoms with Crippen molar-refractivity contribution in [2.75, 3.05) is 7.05 Å². The van der Waals surface area contributed by atoms with Crippen LogP contribution in [0.15, 0.2) is 21.5 Å². The van der Waals surface area contributed by atoms with Crippen LogP contribution in [0.3, 0.4) is 0 Å². The maximum Gasteiger partial charge on any atom is 0.261 e. The molecule has 112 valence electrons. The molecule has 0 radical (unpaired) electrons. The fraction of sp³-hybridized carbons (Fsp3) is 0.462. The molecule has 0 aliphatic carbocycles. The number of amides is 1. The summed E-state index contributed by atoms with van der Waals surface area (Å²) in [4.78, 5) is 13.9. The summed E-state index contributed by atoms with van der Waals surface area (Å²) in [5.41, 5.74) is 0.784. The Labute approximate surface area is 132 Å². The first kappa shape index (κ1) is 17.5. The molecule has 0 aromatic heterocycles.